The highest BCUT2D eigenvalue weighted by Gasteiger charge is 2.19. The summed E-state index contributed by atoms with van der Waals surface area (Å²) >= 11 is 1.72. The fourth-order valence-corrected chi connectivity index (χ4v) is 1.41. The predicted octanol–water partition coefficient (Wildman–Crippen LogP) is 2.34. The van der Waals surface area contributed by atoms with Crippen molar-refractivity contribution in [2.45, 2.75) is 6.43 Å². The maximum Gasteiger partial charge on any atom is 0.284 e. The van der Waals surface area contributed by atoms with E-state index in [0.29, 0.717) is 0 Å². The first kappa shape index (κ1) is 10.4. The van der Waals surface area contributed by atoms with Crippen LogP contribution < -0.4 is 4.74 Å². The van der Waals surface area contributed by atoms with Crippen LogP contribution in [0.3, 0.4) is 0 Å². The summed E-state index contributed by atoms with van der Waals surface area (Å²) in [5.41, 5.74) is -0.620. The summed E-state index contributed by atoms with van der Waals surface area (Å²) in [6.45, 7) is 0. The average molecular weight is 301 g/mol. The van der Waals surface area contributed by atoms with Crippen molar-refractivity contribution in [1.29, 1.82) is 0 Å². The first-order valence-corrected chi connectivity index (χ1v) is 4.35. The Morgan fingerprint density at radius 1 is 1.62 bits per heavy atom. The summed E-state index contributed by atoms with van der Waals surface area (Å²) in [7, 11) is 1.38. The molecule has 1 aromatic heterocycles. The maximum atomic E-state index is 12.2. The van der Waals surface area contributed by atoms with Crippen LogP contribution in [0.25, 0.3) is 0 Å². The Morgan fingerprint density at radius 3 is 2.69 bits per heavy atom. The Hall–Kier alpha value is -0.660. The summed E-state index contributed by atoms with van der Waals surface area (Å²) in [6, 6.07) is 0. The van der Waals surface area contributed by atoms with Crippen molar-refractivity contribution >= 4 is 22.6 Å². The highest BCUT2D eigenvalue weighted by Crippen LogP contribution is 2.35. The molecule has 6 heteroatoms. The van der Waals surface area contributed by atoms with Crippen LogP contribution >= 0.6 is 22.6 Å². The fraction of sp³-hybridized carbons (Fsp3) is 0.286. The van der Waals surface area contributed by atoms with Crippen LogP contribution in [0, 0.1) is 3.57 Å². The monoisotopic (exact) mass is 301 g/mol. The van der Waals surface area contributed by atoms with Gasteiger partial charge in [-0.25, -0.2) is 13.8 Å². The lowest BCUT2D eigenvalue weighted by atomic mass is 10.3. The molecular weight excluding hydrogens is 295 g/mol. The molecule has 0 aromatic carbocycles. The molecule has 72 valence electrons. The summed E-state index contributed by atoms with van der Waals surface area (Å²) in [5.74, 6) is -0.238. The van der Waals surface area contributed by atoms with Gasteiger partial charge in [-0.2, -0.15) is 0 Å². The van der Waals surface area contributed by atoms with Gasteiger partial charge in [0.1, 0.15) is 9.26 Å². The van der Waals surface area contributed by atoms with E-state index in [1.54, 1.807) is 22.6 Å². The number of ether oxygens (including phenoxy) is 1. The van der Waals surface area contributed by atoms with Gasteiger partial charge in [0, 0.05) is 0 Å². The number of pyridine rings is 1. The second-order valence-electron chi connectivity index (χ2n) is 2.18. The van der Waals surface area contributed by atoms with Crippen molar-refractivity contribution in [3.05, 3.63) is 15.5 Å². The second-order valence-corrected chi connectivity index (χ2v) is 3.25. The van der Waals surface area contributed by atoms with Crippen LogP contribution in [-0.4, -0.2) is 17.2 Å². The highest BCUT2D eigenvalue weighted by atomic mass is 127. The van der Waals surface area contributed by atoms with Gasteiger partial charge in [-0.1, -0.05) is 0 Å². The van der Waals surface area contributed by atoms with E-state index in [4.69, 9.17) is 4.74 Å². The van der Waals surface area contributed by atoms with E-state index < -0.39 is 17.9 Å². The SMILES string of the molecule is COc1cnc(C(F)F)c(O)c1I. The maximum absolute atomic E-state index is 12.2. The van der Waals surface area contributed by atoms with Gasteiger partial charge in [-0.3, -0.25) is 0 Å². The first-order valence-electron chi connectivity index (χ1n) is 3.27. The van der Waals surface area contributed by atoms with Crippen molar-refractivity contribution in [1.82, 2.24) is 4.98 Å². The second kappa shape index (κ2) is 4.03. The van der Waals surface area contributed by atoms with Crippen LogP contribution in [-0.2, 0) is 0 Å². The molecule has 0 radical (unpaired) electrons. The largest absolute Gasteiger partial charge is 0.505 e. The lowest BCUT2D eigenvalue weighted by Gasteiger charge is -2.07. The van der Waals surface area contributed by atoms with Crippen LogP contribution in [0.4, 0.5) is 8.78 Å². The lowest BCUT2D eigenvalue weighted by molar-refractivity contribution is 0.141. The molecule has 1 rings (SSSR count). The number of hydrogen-bond acceptors (Lipinski definition) is 3. The fourth-order valence-electron chi connectivity index (χ4n) is 0.777. The molecule has 0 bridgehead atoms. The minimum atomic E-state index is -2.78. The Labute approximate surface area is 86.9 Å². The van der Waals surface area contributed by atoms with E-state index in [0.717, 1.165) is 6.20 Å². The Balaban J connectivity index is 3.23. The molecule has 3 nitrogen and oxygen atoms in total. The minimum absolute atomic E-state index is 0.241. The van der Waals surface area contributed by atoms with Gasteiger partial charge in [0.05, 0.1) is 13.3 Å². The Bertz CT molecular complexity index is 320. The van der Waals surface area contributed by atoms with Gasteiger partial charge in [0.15, 0.2) is 11.5 Å². The smallest absolute Gasteiger partial charge is 0.284 e. The van der Waals surface area contributed by atoms with E-state index in [1.165, 1.54) is 7.11 Å². The first-order chi connectivity index (χ1) is 6.07. The molecule has 0 fully saturated rings. The molecule has 1 aromatic rings. The van der Waals surface area contributed by atoms with Gasteiger partial charge in [-0.15, -0.1) is 0 Å². The zero-order chi connectivity index (χ0) is 10.0. The number of methoxy groups -OCH3 is 1. The number of aromatic nitrogens is 1. The summed E-state index contributed by atoms with van der Waals surface area (Å²) in [4.78, 5) is 3.38. The standard InChI is InChI=1S/C7H6F2INO2/c1-13-3-2-11-5(7(8)9)6(12)4(3)10/h2,7,12H,1H3. The van der Waals surface area contributed by atoms with Crippen molar-refractivity contribution in [2.75, 3.05) is 7.11 Å². The number of aromatic hydroxyl groups is 1. The number of hydrogen-bond donors (Lipinski definition) is 1. The van der Waals surface area contributed by atoms with E-state index in [9.17, 15) is 13.9 Å². The molecule has 0 spiro atoms. The zero-order valence-electron chi connectivity index (χ0n) is 6.59. The molecule has 1 N–H and O–H groups in total. The molecule has 0 amide bonds. The van der Waals surface area contributed by atoms with Crippen LogP contribution in [0.5, 0.6) is 11.5 Å². The molecular formula is C7H6F2INO2. The summed E-state index contributed by atoms with van der Waals surface area (Å²) in [5, 5.41) is 9.25. The highest BCUT2D eigenvalue weighted by molar-refractivity contribution is 14.1. The molecule has 0 saturated heterocycles. The number of halogens is 3. The van der Waals surface area contributed by atoms with Crippen LogP contribution in [0.2, 0.25) is 0 Å². The van der Waals surface area contributed by atoms with Gasteiger partial charge >= 0.3 is 0 Å². The Kier molecular flexibility index (Phi) is 3.23. The molecule has 0 aliphatic heterocycles. The van der Waals surface area contributed by atoms with Crippen molar-refractivity contribution in [3.8, 4) is 11.5 Å². The lowest BCUT2D eigenvalue weighted by Crippen LogP contribution is -1.96. The van der Waals surface area contributed by atoms with E-state index in [-0.39, 0.29) is 9.32 Å². The molecule has 0 saturated carbocycles. The average Bonchev–Trinajstić information content (AvgIpc) is 2.09. The third-order valence-corrected chi connectivity index (χ3v) is 2.46. The molecule has 0 unspecified atom stereocenters. The van der Waals surface area contributed by atoms with Crippen LogP contribution in [0.1, 0.15) is 12.1 Å². The van der Waals surface area contributed by atoms with Gasteiger partial charge < -0.3 is 9.84 Å². The van der Waals surface area contributed by atoms with Crippen LogP contribution in [0.15, 0.2) is 6.20 Å². The van der Waals surface area contributed by atoms with Crippen molar-refractivity contribution in [3.63, 3.8) is 0 Å². The van der Waals surface area contributed by atoms with Gasteiger partial charge in [0.2, 0.25) is 0 Å². The van der Waals surface area contributed by atoms with Gasteiger partial charge in [0.25, 0.3) is 6.43 Å². The third-order valence-electron chi connectivity index (χ3n) is 1.41. The van der Waals surface area contributed by atoms with Crippen molar-refractivity contribution in [2.24, 2.45) is 0 Å². The summed E-state index contributed by atoms with van der Waals surface area (Å²) < 4.78 is 29.4. The molecule has 0 aliphatic carbocycles. The number of rotatable bonds is 2. The van der Waals surface area contributed by atoms with Gasteiger partial charge in [-0.05, 0) is 22.6 Å². The molecule has 0 atom stereocenters. The normalized spacial score (nSPS) is 10.5. The number of nitrogens with zero attached hydrogens (tertiary/aromatic N) is 1. The minimum Gasteiger partial charge on any atom is -0.505 e. The van der Waals surface area contributed by atoms with E-state index in [1.807, 2.05) is 0 Å². The van der Waals surface area contributed by atoms with E-state index in [2.05, 4.69) is 4.98 Å². The number of alkyl halides is 2. The summed E-state index contributed by atoms with van der Waals surface area (Å²) in [6.07, 6.45) is -1.62. The third kappa shape index (κ3) is 1.98. The Morgan fingerprint density at radius 2 is 2.23 bits per heavy atom. The zero-order valence-corrected chi connectivity index (χ0v) is 8.75. The molecule has 13 heavy (non-hydrogen) atoms. The molecule has 1 heterocycles. The predicted molar refractivity (Wildman–Crippen MR) is 50.1 cm³/mol. The molecule has 0 aliphatic rings. The quantitative estimate of drug-likeness (QED) is 0.853. The van der Waals surface area contributed by atoms with Crippen molar-refractivity contribution < 1.29 is 18.6 Å². The topological polar surface area (TPSA) is 42.4 Å². The van der Waals surface area contributed by atoms with E-state index >= 15 is 0 Å².